The third kappa shape index (κ3) is 3.01. The number of nitrogens with two attached hydrogens (primary N) is 1. The second-order valence-electron chi connectivity index (χ2n) is 5.23. The van der Waals surface area contributed by atoms with E-state index in [1.807, 2.05) is 11.4 Å². The fraction of sp³-hybridized carbons (Fsp3) is 0.500. The van der Waals surface area contributed by atoms with Crippen molar-refractivity contribution in [3.63, 3.8) is 0 Å². The Morgan fingerprint density at radius 1 is 1.55 bits per heavy atom. The molecule has 6 heteroatoms. The predicted octanol–water partition coefficient (Wildman–Crippen LogP) is 4.13. The maximum absolute atomic E-state index is 6.02. The van der Waals surface area contributed by atoms with Gasteiger partial charge >= 0.3 is 0 Å². The Kier molecular flexibility index (Phi) is 4.31. The third-order valence-electron chi connectivity index (χ3n) is 3.83. The molecule has 0 bridgehead atoms. The molecule has 0 spiro atoms. The molecule has 2 aromatic rings. The molecule has 0 unspecified atom stereocenters. The van der Waals surface area contributed by atoms with Crippen LogP contribution in [0.2, 0.25) is 5.02 Å². The Labute approximate surface area is 132 Å². The Hall–Kier alpha value is -0.620. The molecule has 3 rings (SSSR count). The minimum absolute atomic E-state index is 0.647. The van der Waals surface area contributed by atoms with E-state index in [9.17, 15) is 0 Å². The zero-order valence-corrected chi connectivity index (χ0v) is 13.8. The van der Waals surface area contributed by atoms with E-state index in [1.54, 1.807) is 22.7 Å². The Morgan fingerprint density at radius 2 is 2.40 bits per heavy atom. The summed E-state index contributed by atoms with van der Waals surface area (Å²) >= 11 is 9.25. The van der Waals surface area contributed by atoms with Gasteiger partial charge < -0.3 is 10.6 Å². The van der Waals surface area contributed by atoms with E-state index in [0.717, 1.165) is 28.6 Å². The average Bonchev–Trinajstić information content (AvgIpc) is 3.08. The molecule has 1 saturated heterocycles. The quantitative estimate of drug-likeness (QED) is 0.917. The Balaban J connectivity index is 1.76. The van der Waals surface area contributed by atoms with Crippen LogP contribution < -0.4 is 5.73 Å². The Bertz CT molecular complexity index is 593. The number of hydrogen-bond acceptors (Lipinski definition) is 5. The number of nitrogens with zero attached hydrogens (tertiary/aromatic N) is 2. The lowest BCUT2D eigenvalue weighted by Gasteiger charge is -2.20. The van der Waals surface area contributed by atoms with Crippen LogP contribution >= 0.6 is 34.3 Å². The number of aromatic nitrogens is 1. The number of thiophene rings is 1. The highest BCUT2D eigenvalue weighted by atomic mass is 35.5. The molecule has 0 amide bonds. The van der Waals surface area contributed by atoms with Crippen LogP contribution in [-0.4, -0.2) is 29.0 Å². The maximum atomic E-state index is 6.02. The van der Waals surface area contributed by atoms with Crippen LogP contribution in [0.15, 0.2) is 11.4 Å². The normalized spacial score (nSPS) is 19.8. The molecule has 0 aliphatic carbocycles. The molecule has 0 saturated carbocycles. The van der Waals surface area contributed by atoms with E-state index in [4.69, 9.17) is 17.3 Å². The van der Waals surface area contributed by atoms with Crippen LogP contribution in [-0.2, 0) is 6.42 Å². The highest BCUT2D eigenvalue weighted by molar-refractivity contribution is 7.17. The second-order valence-corrected chi connectivity index (χ2v) is 7.69. The van der Waals surface area contributed by atoms with Gasteiger partial charge in [-0.15, -0.1) is 22.7 Å². The monoisotopic (exact) mass is 327 g/mol. The lowest BCUT2D eigenvalue weighted by atomic mass is 10.2. The zero-order chi connectivity index (χ0) is 14.1. The van der Waals surface area contributed by atoms with Crippen LogP contribution in [0.5, 0.6) is 0 Å². The summed E-state index contributed by atoms with van der Waals surface area (Å²) in [7, 11) is 0. The summed E-state index contributed by atoms with van der Waals surface area (Å²) in [6.45, 7) is 4.62. The first-order valence-corrected chi connectivity index (χ1v) is 8.94. The SMILES string of the molecule is C[C@@H]1CCCN1CCc1sc(N)nc1-c1cc(Cl)cs1. The van der Waals surface area contributed by atoms with Gasteiger partial charge in [-0.25, -0.2) is 4.98 Å². The number of halogens is 1. The minimum atomic E-state index is 0.647. The van der Waals surface area contributed by atoms with E-state index >= 15 is 0 Å². The van der Waals surface area contributed by atoms with Crippen molar-refractivity contribution < 1.29 is 0 Å². The van der Waals surface area contributed by atoms with Crippen molar-refractivity contribution in [2.24, 2.45) is 0 Å². The zero-order valence-electron chi connectivity index (χ0n) is 11.4. The highest BCUT2D eigenvalue weighted by Gasteiger charge is 2.21. The number of likely N-dealkylation sites (tertiary alicyclic amines) is 1. The van der Waals surface area contributed by atoms with Gasteiger partial charge in [0.1, 0.15) is 0 Å². The molecule has 1 aliphatic rings. The van der Waals surface area contributed by atoms with Gasteiger partial charge in [0.15, 0.2) is 5.13 Å². The van der Waals surface area contributed by atoms with E-state index in [2.05, 4.69) is 16.8 Å². The molecule has 3 nitrogen and oxygen atoms in total. The first kappa shape index (κ1) is 14.3. The molecule has 20 heavy (non-hydrogen) atoms. The van der Waals surface area contributed by atoms with Crippen LogP contribution in [0.3, 0.4) is 0 Å². The van der Waals surface area contributed by atoms with Crippen LogP contribution in [0.4, 0.5) is 5.13 Å². The lowest BCUT2D eigenvalue weighted by Crippen LogP contribution is -2.28. The standard InChI is InChI=1S/C14H18ClN3S2/c1-9-3-2-5-18(9)6-4-11-13(17-14(16)20-11)12-7-10(15)8-19-12/h7-9H,2-6H2,1H3,(H2,16,17)/t9-/m1/s1. The molecule has 1 aliphatic heterocycles. The summed E-state index contributed by atoms with van der Waals surface area (Å²) in [5, 5.41) is 3.36. The molecule has 0 aromatic carbocycles. The highest BCUT2D eigenvalue weighted by Crippen LogP contribution is 2.35. The Morgan fingerprint density at radius 3 is 3.05 bits per heavy atom. The van der Waals surface area contributed by atoms with Gasteiger partial charge in [-0.2, -0.15) is 0 Å². The van der Waals surface area contributed by atoms with Crippen molar-refractivity contribution in [1.29, 1.82) is 0 Å². The van der Waals surface area contributed by atoms with Crippen LogP contribution in [0, 0.1) is 0 Å². The van der Waals surface area contributed by atoms with Crippen LogP contribution in [0.25, 0.3) is 10.6 Å². The topological polar surface area (TPSA) is 42.1 Å². The molecule has 3 heterocycles. The summed E-state index contributed by atoms with van der Waals surface area (Å²) in [6, 6.07) is 2.68. The van der Waals surface area contributed by atoms with Gasteiger partial charge in [-0.05, 0) is 38.8 Å². The van der Waals surface area contributed by atoms with Crippen molar-refractivity contribution in [2.75, 3.05) is 18.8 Å². The van der Waals surface area contributed by atoms with E-state index in [0.29, 0.717) is 11.2 Å². The number of anilines is 1. The summed E-state index contributed by atoms with van der Waals surface area (Å²) in [4.78, 5) is 9.44. The number of nitrogen functional groups attached to an aromatic ring is 1. The van der Waals surface area contributed by atoms with Crippen molar-refractivity contribution >= 4 is 39.4 Å². The summed E-state index contributed by atoms with van der Waals surface area (Å²) < 4.78 is 0. The fourth-order valence-corrected chi connectivity index (χ4v) is 4.73. The summed E-state index contributed by atoms with van der Waals surface area (Å²) in [5.74, 6) is 0. The number of hydrogen-bond donors (Lipinski definition) is 1. The molecule has 108 valence electrons. The van der Waals surface area contributed by atoms with Crippen molar-refractivity contribution in [3.8, 4) is 10.6 Å². The van der Waals surface area contributed by atoms with Crippen molar-refractivity contribution in [1.82, 2.24) is 9.88 Å². The molecule has 0 radical (unpaired) electrons. The number of thiazole rings is 1. The van der Waals surface area contributed by atoms with Gasteiger partial charge in [0, 0.05) is 22.8 Å². The lowest BCUT2D eigenvalue weighted by molar-refractivity contribution is 0.273. The smallest absolute Gasteiger partial charge is 0.180 e. The number of rotatable bonds is 4. The molecule has 1 atom stereocenters. The molecule has 2 N–H and O–H groups in total. The maximum Gasteiger partial charge on any atom is 0.180 e. The second kappa shape index (κ2) is 6.02. The van der Waals surface area contributed by atoms with Crippen molar-refractivity contribution in [2.45, 2.75) is 32.2 Å². The first-order valence-electron chi connectivity index (χ1n) is 6.87. The van der Waals surface area contributed by atoms with E-state index < -0.39 is 0 Å². The van der Waals surface area contributed by atoms with Crippen LogP contribution in [0.1, 0.15) is 24.6 Å². The van der Waals surface area contributed by atoms with Gasteiger partial charge in [0.05, 0.1) is 15.6 Å². The summed E-state index contributed by atoms with van der Waals surface area (Å²) in [6.07, 6.45) is 3.65. The largest absolute Gasteiger partial charge is 0.375 e. The van der Waals surface area contributed by atoms with Gasteiger partial charge in [-0.1, -0.05) is 11.6 Å². The minimum Gasteiger partial charge on any atom is -0.375 e. The predicted molar refractivity (Wildman–Crippen MR) is 88.8 cm³/mol. The molecule has 2 aromatic heterocycles. The third-order valence-corrected chi connectivity index (χ3v) is 6.06. The molecular weight excluding hydrogens is 310 g/mol. The van der Waals surface area contributed by atoms with Gasteiger partial charge in [0.2, 0.25) is 0 Å². The fourth-order valence-electron chi connectivity index (χ4n) is 2.74. The molecular formula is C14H18ClN3S2. The summed E-state index contributed by atoms with van der Waals surface area (Å²) in [5.41, 5.74) is 6.92. The van der Waals surface area contributed by atoms with Gasteiger partial charge in [-0.3, -0.25) is 0 Å². The average molecular weight is 328 g/mol. The van der Waals surface area contributed by atoms with Crippen molar-refractivity contribution in [3.05, 3.63) is 21.3 Å². The van der Waals surface area contributed by atoms with E-state index in [1.165, 1.54) is 24.3 Å². The molecule has 1 fully saturated rings. The first-order chi connectivity index (χ1) is 9.63. The van der Waals surface area contributed by atoms with Gasteiger partial charge in [0.25, 0.3) is 0 Å². The van der Waals surface area contributed by atoms with E-state index in [-0.39, 0.29) is 0 Å².